The van der Waals surface area contributed by atoms with E-state index in [0.29, 0.717) is 11.0 Å². The van der Waals surface area contributed by atoms with Gasteiger partial charge in [-0.1, -0.05) is 12.1 Å². The van der Waals surface area contributed by atoms with Gasteiger partial charge in [0.15, 0.2) is 5.16 Å². The number of anilines is 1. The summed E-state index contributed by atoms with van der Waals surface area (Å²) in [6, 6.07) is 7.06. The number of hydrogen-bond acceptors (Lipinski definition) is 5. The van der Waals surface area contributed by atoms with Gasteiger partial charge in [-0.2, -0.15) is 13.2 Å². The molecule has 2 aromatic rings. The number of carboxylic acids is 1. The van der Waals surface area contributed by atoms with Crippen LogP contribution >= 0.6 is 11.8 Å². The van der Waals surface area contributed by atoms with E-state index in [0.717, 1.165) is 30.1 Å². The van der Waals surface area contributed by atoms with Crippen molar-refractivity contribution in [2.24, 2.45) is 0 Å². The Morgan fingerprint density at radius 3 is 2.56 bits per heavy atom. The highest BCUT2D eigenvalue weighted by Crippen LogP contribution is 2.33. The number of alkyl halides is 3. The topological polar surface area (TPSA) is 92.2 Å². The lowest BCUT2D eigenvalue weighted by Gasteiger charge is -2.10. The SMILES string of the molecule is O=C(O)/C=C/C(=O)Nc1ccccc1Sc1nccc(C(F)(F)F)n1. The second-order valence-electron chi connectivity index (χ2n) is 4.48. The van der Waals surface area contributed by atoms with Crippen LogP contribution < -0.4 is 5.32 Å². The minimum Gasteiger partial charge on any atom is -0.478 e. The Labute approximate surface area is 143 Å². The van der Waals surface area contributed by atoms with Crippen molar-refractivity contribution in [2.45, 2.75) is 16.2 Å². The first-order valence-electron chi connectivity index (χ1n) is 6.65. The molecule has 0 saturated carbocycles. The van der Waals surface area contributed by atoms with Gasteiger partial charge in [0.1, 0.15) is 5.69 Å². The van der Waals surface area contributed by atoms with E-state index < -0.39 is 23.7 Å². The molecule has 1 amide bonds. The smallest absolute Gasteiger partial charge is 0.433 e. The molecule has 2 rings (SSSR count). The molecule has 2 N–H and O–H groups in total. The van der Waals surface area contributed by atoms with Gasteiger partial charge in [0.05, 0.1) is 5.69 Å². The molecular weight excluding hydrogens is 359 g/mol. The van der Waals surface area contributed by atoms with Crippen LogP contribution in [0.4, 0.5) is 18.9 Å². The van der Waals surface area contributed by atoms with Crippen LogP contribution in [-0.2, 0) is 15.8 Å². The number of nitrogens with one attached hydrogen (secondary N) is 1. The van der Waals surface area contributed by atoms with Crippen molar-refractivity contribution in [2.75, 3.05) is 5.32 Å². The molecule has 0 aliphatic carbocycles. The highest BCUT2D eigenvalue weighted by molar-refractivity contribution is 7.99. The Morgan fingerprint density at radius 1 is 1.16 bits per heavy atom. The Bertz CT molecular complexity index is 825. The van der Waals surface area contributed by atoms with E-state index in [1.54, 1.807) is 18.2 Å². The average molecular weight is 369 g/mol. The van der Waals surface area contributed by atoms with Crippen molar-refractivity contribution in [3.8, 4) is 0 Å². The molecular formula is C15H10F3N3O3S. The van der Waals surface area contributed by atoms with Gasteiger partial charge in [-0.05, 0) is 30.0 Å². The molecule has 6 nitrogen and oxygen atoms in total. The summed E-state index contributed by atoms with van der Waals surface area (Å²) in [4.78, 5) is 29.7. The fourth-order valence-corrected chi connectivity index (χ4v) is 2.46. The molecule has 10 heteroatoms. The van der Waals surface area contributed by atoms with Gasteiger partial charge in [-0.25, -0.2) is 14.8 Å². The first-order chi connectivity index (χ1) is 11.8. The number of benzene rings is 1. The van der Waals surface area contributed by atoms with E-state index in [1.165, 1.54) is 6.07 Å². The van der Waals surface area contributed by atoms with Crippen molar-refractivity contribution in [1.82, 2.24) is 9.97 Å². The molecule has 0 spiro atoms. The Kier molecular flexibility index (Phi) is 5.75. The summed E-state index contributed by atoms with van der Waals surface area (Å²) in [5.74, 6) is -1.98. The maximum absolute atomic E-state index is 12.7. The van der Waals surface area contributed by atoms with Crippen LogP contribution in [0.2, 0.25) is 0 Å². The van der Waals surface area contributed by atoms with Crippen molar-refractivity contribution < 1.29 is 27.9 Å². The van der Waals surface area contributed by atoms with Crippen LogP contribution in [0.25, 0.3) is 0 Å². The Balaban J connectivity index is 2.21. The number of amides is 1. The Hall–Kier alpha value is -2.88. The summed E-state index contributed by atoms with van der Waals surface area (Å²) >= 11 is 0.834. The zero-order valence-corrected chi connectivity index (χ0v) is 13.1. The van der Waals surface area contributed by atoms with E-state index in [2.05, 4.69) is 15.3 Å². The molecule has 0 saturated heterocycles. The third kappa shape index (κ3) is 5.60. The van der Waals surface area contributed by atoms with Gasteiger partial charge in [0.2, 0.25) is 5.91 Å². The number of nitrogens with zero attached hydrogens (tertiary/aromatic N) is 2. The van der Waals surface area contributed by atoms with Crippen molar-refractivity contribution in [1.29, 1.82) is 0 Å². The van der Waals surface area contributed by atoms with Crippen LogP contribution in [-0.4, -0.2) is 27.0 Å². The number of para-hydroxylation sites is 1. The van der Waals surface area contributed by atoms with Gasteiger partial charge < -0.3 is 10.4 Å². The van der Waals surface area contributed by atoms with Crippen molar-refractivity contribution >= 4 is 29.3 Å². The zero-order valence-electron chi connectivity index (χ0n) is 12.3. The number of carboxylic acid groups (broad SMARTS) is 1. The van der Waals surface area contributed by atoms with Gasteiger partial charge in [-0.15, -0.1) is 0 Å². The summed E-state index contributed by atoms with van der Waals surface area (Å²) in [5, 5.41) is 10.8. The van der Waals surface area contributed by atoms with E-state index in [9.17, 15) is 22.8 Å². The molecule has 0 bridgehead atoms. The number of carbonyl (C=O) groups is 2. The predicted octanol–water partition coefficient (Wildman–Crippen LogP) is 3.23. The highest BCUT2D eigenvalue weighted by Gasteiger charge is 2.32. The molecule has 25 heavy (non-hydrogen) atoms. The molecule has 0 fully saturated rings. The first kappa shape index (κ1) is 18.5. The summed E-state index contributed by atoms with van der Waals surface area (Å²) in [7, 11) is 0. The number of carbonyl (C=O) groups excluding carboxylic acids is 1. The minimum absolute atomic E-state index is 0.141. The number of aromatic nitrogens is 2. The Morgan fingerprint density at radius 2 is 1.88 bits per heavy atom. The van der Waals surface area contributed by atoms with E-state index in [-0.39, 0.29) is 10.8 Å². The summed E-state index contributed by atoms with van der Waals surface area (Å²) in [6.45, 7) is 0. The molecule has 1 heterocycles. The second kappa shape index (κ2) is 7.79. The van der Waals surface area contributed by atoms with Crippen LogP contribution in [0, 0.1) is 0 Å². The van der Waals surface area contributed by atoms with Crippen molar-refractivity contribution in [3.05, 3.63) is 54.4 Å². The average Bonchev–Trinajstić information content (AvgIpc) is 2.54. The van der Waals surface area contributed by atoms with Gasteiger partial charge in [-0.3, -0.25) is 4.79 Å². The molecule has 130 valence electrons. The number of rotatable bonds is 5. The van der Waals surface area contributed by atoms with Crippen LogP contribution in [0.3, 0.4) is 0 Å². The summed E-state index contributed by atoms with van der Waals surface area (Å²) < 4.78 is 38.1. The predicted molar refractivity (Wildman–Crippen MR) is 83.0 cm³/mol. The molecule has 0 unspecified atom stereocenters. The molecule has 0 atom stereocenters. The standard InChI is InChI=1S/C15H10F3N3O3S/c16-15(17,18)11-7-8-19-14(21-11)25-10-4-2-1-3-9(10)20-12(22)5-6-13(23)24/h1-8H,(H,20,22)(H,23,24)/b6-5+. The monoisotopic (exact) mass is 369 g/mol. The maximum Gasteiger partial charge on any atom is 0.433 e. The molecule has 1 aromatic carbocycles. The van der Waals surface area contributed by atoms with E-state index in [1.807, 2.05) is 0 Å². The third-order valence-corrected chi connectivity index (χ3v) is 3.60. The third-order valence-electron chi connectivity index (χ3n) is 2.65. The lowest BCUT2D eigenvalue weighted by molar-refractivity contribution is -0.141. The minimum atomic E-state index is -4.59. The number of hydrogen-bond donors (Lipinski definition) is 2. The largest absolute Gasteiger partial charge is 0.478 e. The molecule has 0 radical (unpaired) electrons. The quantitative estimate of drug-likeness (QED) is 0.621. The lowest BCUT2D eigenvalue weighted by atomic mass is 10.3. The van der Waals surface area contributed by atoms with Crippen LogP contribution in [0.5, 0.6) is 0 Å². The van der Waals surface area contributed by atoms with Gasteiger partial charge in [0.25, 0.3) is 0 Å². The van der Waals surface area contributed by atoms with Crippen LogP contribution in [0.1, 0.15) is 5.69 Å². The first-order valence-corrected chi connectivity index (χ1v) is 7.46. The zero-order chi connectivity index (χ0) is 18.4. The number of halogens is 3. The summed E-state index contributed by atoms with van der Waals surface area (Å²) in [6.07, 6.45) is -2.10. The maximum atomic E-state index is 12.7. The fourth-order valence-electron chi connectivity index (χ4n) is 1.63. The van der Waals surface area contributed by atoms with Crippen molar-refractivity contribution in [3.63, 3.8) is 0 Å². The van der Waals surface area contributed by atoms with Gasteiger partial charge >= 0.3 is 12.1 Å². The van der Waals surface area contributed by atoms with E-state index in [4.69, 9.17) is 5.11 Å². The highest BCUT2D eigenvalue weighted by atomic mass is 32.2. The lowest BCUT2D eigenvalue weighted by Crippen LogP contribution is -2.10. The number of aliphatic carboxylic acids is 1. The van der Waals surface area contributed by atoms with Gasteiger partial charge in [0, 0.05) is 23.2 Å². The molecule has 1 aromatic heterocycles. The van der Waals surface area contributed by atoms with E-state index >= 15 is 0 Å². The fraction of sp³-hybridized carbons (Fsp3) is 0.0667. The summed E-state index contributed by atoms with van der Waals surface area (Å²) in [5.41, 5.74) is -0.788. The molecule has 0 aliphatic rings. The van der Waals surface area contributed by atoms with Crippen LogP contribution in [0.15, 0.2) is 58.7 Å². The second-order valence-corrected chi connectivity index (χ2v) is 5.49. The normalized spacial score (nSPS) is 11.5. The molecule has 0 aliphatic heterocycles.